The Morgan fingerprint density at radius 2 is 2.17 bits per heavy atom. The van der Waals surface area contributed by atoms with Gasteiger partial charge in [0.05, 0.1) is 0 Å². The van der Waals surface area contributed by atoms with Gasteiger partial charge in [0.2, 0.25) is 0 Å². The van der Waals surface area contributed by atoms with E-state index in [9.17, 15) is 4.79 Å². The zero-order chi connectivity index (χ0) is 9.30. The van der Waals surface area contributed by atoms with Crippen molar-refractivity contribution in [1.29, 1.82) is 0 Å². The molecule has 0 aromatic carbocycles. The van der Waals surface area contributed by atoms with Gasteiger partial charge in [0, 0.05) is 0 Å². The van der Waals surface area contributed by atoms with Crippen LogP contribution in [0.5, 0.6) is 0 Å². The lowest BCUT2D eigenvalue weighted by Crippen LogP contribution is -1.97. The smallest absolute Gasteiger partial charge is 0.184 e. The quantitative estimate of drug-likeness (QED) is 0.573. The fourth-order valence-electron chi connectivity index (χ4n) is 1.64. The van der Waals surface area contributed by atoms with Crippen LogP contribution in [0.4, 0.5) is 0 Å². The summed E-state index contributed by atoms with van der Waals surface area (Å²) in [7, 11) is 0. The molecule has 0 fully saturated rings. The molecule has 12 heavy (non-hydrogen) atoms. The number of hydrogen-bond donors (Lipinski definition) is 0. The maximum absolute atomic E-state index is 11.4. The highest BCUT2D eigenvalue weighted by atomic mass is 16.1. The molecule has 1 aliphatic carbocycles. The fraction of sp³-hybridized carbons (Fsp3) is 0.545. The summed E-state index contributed by atoms with van der Waals surface area (Å²) in [6, 6.07) is 0. The van der Waals surface area contributed by atoms with Gasteiger partial charge >= 0.3 is 0 Å². The van der Waals surface area contributed by atoms with Crippen molar-refractivity contribution in [3.05, 3.63) is 23.3 Å². The Kier molecular flexibility index (Phi) is 2.51. The van der Waals surface area contributed by atoms with E-state index in [1.54, 1.807) is 0 Å². The lowest BCUT2D eigenvalue weighted by atomic mass is 9.95. The molecule has 0 aromatic rings. The number of carbonyl (C=O) groups excluding carboxylic acids is 1. The van der Waals surface area contributed by atoms with Crippen LogP contribution in [0, 0.1) is 5.92 Å². The van der Waals surface area contributed by atoms with E-state index in [-0.39, 0.29) is 5.78 Å². The van der Waals surface area contributed by atoms with E-state index in [1.165, 1.54) is 5.57 Å². The third-order valence-corrected chi connectivity index (χ3v) is 2.75. The monoisotopic (exact) mass is 164 g/mol. The van der Waals surface area contributed by atoms with Crippen molar-refractivity contribution in [1.82, 2.24) is 0 Å². The second-order valence-corrected chi connectivity index (χ2v) is 3.57. The molecule has 1 nitrogen and oxygen atoms in total. The van der Waals surface area contributed by atoms with E-state index in [2.05, 4.69) is 20.4 Å². The summed E-state index contributed by atoms with van der Waals surface area (Å²) in [6.45, 7) is 10.0. The van der Waals surface area contributed by atoms with Gasteiger partial charge in [-0.2, -0.15) is 0 Å². The molecule has 0 heterocycles. The number of rotatable bonds is 2. The van der Waals surface area contributed by atoms with E-state index in [1.807, 2.05) is 6.92 Å². The Bertz CT molecular complexity index is 258. The maximum atomic E-state index is 11.4. The van der Waals surface area contributed by atoms with Crippen molar-refractivity contribution in [3.63, 3.8) is 0 Å². The number of hydrogen-bond acceptors (Lipinski definition) is 1. The van der Waals surface area contributed by atoms with Gasteiger partial charge in [0.15, 0.2) is 5.78 Å². The maximum Gasteiger partial charge on any atom is 0.184 e. The molecule has 1 unspecified atom stereocenters. The third-order valence-electron chi connectivity index (χ3n) is 2.75. The van der Waals surface area contributed by atoms with Crippen LogP contribution in [0.15, 0.2) is 23.3 Å². The largest absolute Gasteiger partial charge is 0.289 e. The number of ketones is 1. The number of allylic oxidation sites excluding steroid dienone is 3. The van der Waals surface area contributed by atoms with Gasteiger partial charge in [0.1, 0.15) is 0 Å². The van der Waals surface area contributed by atoms with Crippen LogP contribution in [0.1, 0.15) is 33.6 Å². The van der Waals surface area contributed by atoms with Crippen LogP contribution in [-0.4, -0.2) is 5.78 Å². The average Bonchev–Trinajstić information content (AvgIpc) is 2.32. The second-order valence-electron chi connectivity index (χ2n) is 3.57. The summed E-state index contributed by atoms with van der Waals surface area (Å²) in [5.74, 6) is 0.707. The lowest BCUT2D eigenvalue weighted by Gasteiger charge is -2.09. The van der Waals surface area contributed by atoms with Gasteiger partial charge in [-0.3, -0.25) is 4.79 Å². The molecule has 0 bridgehead atoms. The molecule has 0 spiro atoms. The molecular formula is C11H16O. The predicted molar refractivity (Wildman–Crippen MR) is 50.9 cm³/mol. The first-order valence-electron chi connectivity index (χ1n) is 4.50. The Labute approximate surface area is 74.2 Å². The Morgan fingerprint density at radius 3 is 2.50 bits per heavy atom. The normalized spacial score (nSPS) is 20.6. The highest BCUT2D eigenvalue weighted by molar-refractivity contribution is 6.11. The molecule has 0 aliphatic heterocycles. The first kappa shape index (κ1) is 9.24. The van der Waals surface area contributed by atoms with Crippen LogP contribution < -0.4 is 0 Å². The molecule has 1 rings (SSSR count). The van der Waals surface area contributed by atoms with Crippen molar-refractivity contribution >= 4 is 5.78 Å². The molecular weight excluding hydrogens is 148 g/mol. The van der Waals surface area contributed by atoms with Gasteiger partial charge in [0.25, 0.3) is 0 Å². The van der Waals surface area contributed by atoms with Crippen LogP contribution in [0.2, 0.25) is 0 Å². The Balaban J connectivity index is 2.92. The van der Waals surface area contributed by atoms with Crippen LogP contribution in [0.25, 0.3) is 0 Å². The first-order valence-corrected chi connectivity index (χ1v) is 4.50. The molecule has 0 saturated carbocycles. The standard InChI is InChI=1S/C11H16O/c1-5-7(2)10-6-8(3)11(12)9(10)4/h7H,3,5-6H2,1-2,4H3. The highest BCUT2D eigenvalue weighted by Crippen LogP contribution is 2.32. The van der Waals surface area contributed by atoms with Gasteiger partial charge in [-0.15, -0.1) is 0 Å². The Morgan fingerprint density at radius 1 is 1.58 bits per heavy atom. The van der Waals surface area contributed by atoms with E-state index in [4.69, 9.17) is 0 Å². The van der Waals surface area contributed by atoms with Crippen LogP contribution in [-0.2, 0) is 4.79 Å². The number of Topliss-reactive ketones (excluding diaryl/α,β-unsaturated/α-hetero) is 1. The molecule has 0 aromatic heterocycles. The molecule has 0 saturated heterocycles. The number of carbonyl (C=O) groups is 1. The van der Waals surface area contributed by atoms with Crippen molar-refractivity contribution < 1.29 is 4.79 Å². The second kappa shape index (κ2) is 3.26. The molecule has 0 amide bonds. The minimum Gasteiger partial charge on any atom is -0.289 e. The summed E-state index contributed by atoms with van der Waals surface area (Å²) in [5, 5.41) is 0. The summed E-state index contributed by atoms with van der Waals surface area (Å²) in [4.78, 5) is 11.4. The lowest BCUT2D eigenvalue weighted by molar-refractivity contribution is -0.111. The Hall–Kier alpha value is -0.850. The zero-order valence-corrected chi connectivity index (χ0v) is 8.11. The van der Waals surface area contributed by atoms with Crippen molar-refractivity contribution in [3.8, 4) is 0 Å². The summed E-state index contributed by atoms with van der Waals surface area (Å²) >= 11 is 0. The average molecular weight is 164 g/mol. The van der Waals surface area contributed by atoms with E-state index >= 15 is 0 Å². The van der Waals surface area contributed by atoms with E-state index in [0.29, 0.717) is 5.92 Å². The van der Waals surface area contributed by atoms with E-state index < -0.39 is 0 Å². The van der Waals surface area contributed by atoms with Crippen molar-refractivity contribution in [2.45, 2.75) is 33.6 Å². The molecule has 1 aliphatic rings. The van der Waals surface area contributed by atoms with Gasteiger partial charge in [-0.25, -0.2) is 0 Å². The third kappa shape index (κ3) is 1.36. The zero-order valence-electron chi connectivity index (χ0n) is 8.11. The minimum absolute atomic E-state index is 0.172. The molecule has 66 valence electrons. The highest BCUT2D eigenvalue weighted by Gasteiger charge is 2.25. The fourth-order valence-corrected chi connectivity index (χ4v) is 1.64. The van der Waals surface area contributed by atoms with Gasteiger partial charge < -0.3 is 0 Å². The topological polar surface area (TPSA) is 17.1 Å². The minimum atomic E-state index is 0.172. The van der Waals surface area contributed by atoms with Crippen molar-refractivity contribution in [2.75, 3.05) is 0 Å². The summed E-state index contributed by atoms with van der Waals surface area (Å²) < 4.78 is 0. The molecule has 0 N–H and O–H groups in total. The van der Waals surface area contributed by atoms with Crippen molar-refractivity contribution in [2.24, 2.45) is 5.92 Å². The summed E-state index contributed by atoms with van der Waals surface area (Å²) in [6.07, 6.45) is 1.91. The van der Waals surface area contributed by atoms with Crippen LogP contribution >= 0.6 is 0 Å². The predicted octanol–water partition coefficient (Wildman–Crippen LogP) is 2.88. The van der Waals surface area contributed by atoms with E-state index in [0.717, 1.165) is 24.0 Å². The van der Waals surface area contributed by atoms with Crippen LogP contribution in [0.3, 0.4) is 0 Å². The van der Waals surface area contributed by atoms with Gasteiger partial charge in [-0.05, 0) is 36.8 Å². The molecule has 0 radical (unpaired) electrons. The molecule has 1 atom stereocenters. The first-order chi connectivity index (χ1) is 5.57. The SMILES string of the molecule is C=C1CC(C(C)CC)=C(C)C1=O. The summed E-state index contributed by atoms with van der Waals surface area (Å²) in [5.41, 5.74) is 3.00. The molecule has 1 heteroatoms. The van der Waals surface area contributed by atoms with Gasteiger partial charge in [-0.1, -0.05) is 26.0 Å².